The van der Waals surface area contributed by atoms with Crippen LogP contribution in [0.1, 0.15) is 53.1 Å². The SMILES string of the molecule is Cc1cn(-c2ccc(/C=C/c3nc4n(n3)CCC[C@H]4c3ccc(F)c(Cl)c3)nc2C)cn1. The minimum absolute atomic E-state index is 0.0507. The van der Waals surface area contributed by atoms with Crippen LogP contribution in [0.25, 0.3) is 17.8 Å². The lowest BCUT2D eigenvalue weighted by molar-refractivity contribution is 0.445. The monoisotopic (exact) mass is 448 g/mol. The van der Waals surface area contributed by atoms with Gasteiger partial charge in [-0.3, -0.25) is 4.98 Å². The van der Waals surface area contributed by atoms with Crippen molar-refractivity contribution >= 4 is 23.8 Å². The van der Waals surface area contributed by atoms with E-state index in [0.29, 0.717) is 5.82 Å². The number of rotatable bonds is 4. The molecule has 5 rings (SSSR count). The summed E-state index contributed by atoms with van der Waals surface area (Å²) >= 11 is 6.01. The van der Waals surface area contributed by atoms with Crippen LogP contribution >= 0.6 is 11.6 Å². The van der Waals surface area contributed by atoms with E-state index in [0.717, 1.165) is 53.5 Å². The Morgan fingerprint density at radius 3 is 2.75 bits per heavy atom. The number of aromatic nitrogens is 6. The Morgan fingerprint density at radius 2 is 2.00 bits per heavy atom. The molecule has 0 saturated carbocycles. The Balaban J connectivity index is 1.39. The third-order valence-corrected chi connectivity index (χ3v) is 6.00. The Kier molecular flexibility index (Phi) is 5.35. The standard InChI is InChI=1S/C24H22ClFN6/c1-15-13-31(14-27-15)22-9-6-18(28-16(22)2)7-10-23-29-24-19(4-3-11-32(24)30-23)17-5-8-21(26)20(25)12-17/h5-10,12-14,19H,3-4,11H2,1-2H3/b10-7+/t19-/m0/s1. The highest BCUT2D eigenvalue weighted by atomic mass is 35.5. The second-order valence-corrected chi connectivity index (χ2v) is 8.42. The molecule has 4 heterocycles. The summed E-state index contributed by atoms with van der Waals surface area (Å²) in [5.41, 5.74) is 4.67. The molecule has 1 aliphatic heterocycles. The molecule has 0 radical (unpaired) electrons. The van der Waals surface area contributed by atoms with Gasteiger partial charge in [-0.25, -0.2) is 19.0 Å². The number of hydrogen-bond donors (Lipinski definition) is 0. The molecule has 0 bridgehead atoms. The van der Waals surface area contributed by atoms with Gasteiger partial charge in [-0.05, 0) is 68.7 Å². The summed E-state index contributed by atoms with van der Waals surface area (Å²) in [6, 6.07) is 8.88. The fraction of sp³-hybridized carbons (Fsp3) is 0.250. The first-order valence-electron chi connectivity index (χ1n) is 10.5. The maximum Gasteiger partial charge on any atom is 0.174 e. The topological polar surface area (TPSA) is 61.4 Å². The second kappa shape index (κ2) is 8.31. The van der Waals surface area contributed by atoms with Gasteiger partial charge in [0.1, 0.15) is 11.6 Å². The molecule has 32 heavy (non-hydrogen) atoms. The van der Waals surface area contributed by atoms with Crippen molar-refractivity contribution in [3.63, 3.8) is 0 Å². The molecule has 0 aliphatic carbocycles. The van der Waals surface area contributed by atoms with Crippen molar-refractivity contribution in [2.45, 2.75) is 39.2 Å². The molecule has 0 spiro atoms. The van der Waals surface area contributed by atoms with E-state index in [1.807, 2.05) is 53.6 Å². The summed E-state index contributed by atoms with van der Waals surface area (Å²) in [7, 11) is 0. The molecule has 0 amide bonds. The summed E-state index contributed by atoms with van der Waals surface area (Å²) < 4.78 is 17.5. The highest BCUT2D eigenvalue weighted by Gasteiger charge is 2.26. The summed E-state index contributed by atoms with van der Waals surface area (Å²) in [5, 5.41) is 4.78. The minimum atomic E-state index is -0.409. The molecule has 8 heteroatoms. The molecule has 4 aromatic rings. The zero-order chi connectivity index (χ0) is 22.2. The number of halogens is 2. The van der Waals surface area contributed by atoms with Crippen molar-refractivity contribution in [1.82, 2.24) is 29.3 Å². The van der Waals surface area contributed by atoms with Crippen LogP contribution in [-0.4, -0.2) is 29.3 Å². The molecule has 1 atom stereocenters. The van der Waals surface area contributed by atoms with Crippen molar-refractivity contribution < 1.29 is 4.39 Å². The molecule has 3 aromatic heterocycles. The highest BCUT2D eigenvalue weighted by Crippen LogP contribution is 2.34. The molecule has 0 fully saturated rings. The van der Waals surface area contributed by atoms with E-state index in [9.17, 15) is 4.39 Å². The quantitative estimate of drug-likeness (QED) is 0.421. The van der Waals surface area contributed by atoms with E-state index in [-0.39, 0.29) is 10.9 Å². The third-order valence-electron chi connectivity index (χ3n) is 5.71. The Morgan fingerprint density at radius 1 is 1.12 bits per heavy atom. The lowest BCUT2D eigenvalue weighted by Gasteiger charge is -2.22. The summed E-state index contributed by atoms with van der Waals surface area (Å²) in [6.07, 6.45) is 9.47. The predicted molar refractivity (Wildman–Crippen MR) is 122 cm³/mol. The Bertz CT molecular complexity index is 1320. The minimum Gasteiger partial charge on any atom is -0.304 e. The molecular weight excluding hydrogens is 427 g/mol. The van der Waals surface area contributed by atoms with E-state index >= 15 is 0 Å². The van der Waals surface area contributed by atoms with E-state index in [2.05, 4.69) is 15.1 Å². The van der Waals surface area contributed by atoms with Gasteiger partial charge in [0.25, 0.3) is 0 Å². The van der Waals surface area contributed by atoms with Gasteiger partial charge in [0.2, 0.25) is 0 Å². The zero-order valence-electron chi connectivity index (χ0n) is 17.8. The van der Waals surface area contributed by atoms with E-state index in [1.165, 1.54) is 6.07 Å². The van der Waals surface area contributed by atoms with Gasteiger partial charge in [0.05, 0.1) is 34.1 Å². The number of imidazole rings is 1. The smallest absolute Gasteiger partial charge is 0.174 e. The Hall–Kier alpha value is -3.32. The van der Waals surface area contributed by atoms with Crippen LogP contribution in [-0.2, 0) is 6.54 Å². The van der Waals surface area contributed by atoms with E-state index in [1.54, 1.807) is 18.5 Å². The molecule has 6 nitrogen and oxygen atoms in total. The fourth-order valence-electron chi connectivity index (χ4n) is 4.14. The number of hydrogen-bond acceptors (Lipinski definition) is 4. The first-order chi connectivity index (χ1) is 15.5. The average Bonchev–Trinajstić information content (AvgIpc) is 3.40. The van der Waals surface area contributed by atoms with E-state index < -0.39 is 5.82 Å². The van der Waals surface area contributed by atoms with Crippen LogP contribution in [0.15, 0.2) is 42.9 Å². The highest BCUT2D eigenvalue weighted by molar-refractivity contribution is 6.30. The molecule has 1 aromatic carbocycles. The van der Waals surface area contributed by atoms with Gasteiger partial charge in [0.15, 0.2) is 5.82 Å². The molecule has 0 N–H and O–H groups in total. The number of fused-ring (bicyclic) bond motifs is 1. The number of benzene rings is 1. The Labute approximate surface area is 190 Å². The lowest BCUT2D eigenvalue weighted by atomic mass is 9.91. The molecular formula is C24H22ClFN6. The van der Waals surface area contributed by atoms with Crippen molar-refractivity contribution in [1.29, 1.82) is 0 Å². The van der Waals surface area contributed by atoms with Gasteiger partial charge in [-0.2, -0.15) is 5.10 Å². The first kappa shape index (κ1) is 20.6. The van der Waals surface area contributed by atoms with Crippen LogP contribution in [0, 0.1) is 19.7 Å². The predicted octanol–water partition coefficient (Wildman–Crippen LogP) is 5.36. The summed E-state index contributed by atoms with van der Waals surface area (Å²) in [5.74, 6) is 1.16. The summed E-state index contributed by atoms with van der Waals surface area (Å²) in [4.78, 5) is 13.7. The first-order valence-corrected chi connectivity index (χ1v) is 10.9. The van der Waals surface area contributed by atoms with Crippen molar-refractivity contribution in [3.05, 3.63) is 88.0 Å². The third kappa shape index (κ3) is 3.96. The van der Waals surface area contributed by atoms with Gasteiger partial charge in [-0.15, -0.1) is 0 Å². The average molecular weight is 449 g/mol. The lowest BCUT2D eigenvalue weighted by Crippen LogP contribution is -2.18. The number of nitrogens with zero attached hydrogens (tertiary/aromatic N) is 6. The molecule has 162 valence electrons. The van der Waals surface area contributed by atoms with Gasteiger partial charge < -0.3 is 4.57 Å². The van der Waals surface area contributed by atoms with Crippen LogP contribution < -0.4 is 0 Å². The van der Waals surface area contributed by atoms with Crippen LogP contribution in [0.5, 0.6) is 0 Å². The van der Waals surface area contributed by atoms with E-state index in [4.69, 9.17) is 16.6 Å². The molecule has 0 unspecified atom stereocenters. The maximum atomic E-state index is 13.6. The van der Waals surface area contributed by atoms with Crippen LogP contribution in [0.4, 0.5) is 4.39 Å². The van der Waals surface area contributed by atoms with Gasteiger partial charge >= 0.3 is 0 Å². The maximum absolute atomic E-state index is 13.6. The normalized spacial score (nSPS) is 15.9. The fourth-order valence-corrected chi connectivity index (χ4v) is 4.33. The van der Waals surface area contributed by atoms with Gasteiger partial charge in [-0.1, -0.05) is 17.7 Å². The molecule has 1 aliphatic rings. The number of aryl methyl sites for hydroxylation is 3. The van der Waals surface area contributed by atoms with Gasteiger partial charge in [0, 0.05) is 18.7 Å². The van der Waals surface area contributed by atoms with Crippen molar-refractivity contribution in [2.75, 3.05) is 0 Å². The van der Waals surface area contributed by atoms with Crippen molar-refractivity contribution in [2.24, 2.45) is 0 Å². The van der Waals surface area contributed by atoms with Crippen molar-refractivity contribution in [3.8, 4) is 5.69 Å². The molecule has 0 saturated heterocycles. The zero-order valence-corrected chi connectivity index (χ0v) is 18.6. The van der Waals surface area contributed by atoms with Crippen LogP contribution in [0.2, 0.25) is 5.02 Å². The largest absolute Gasteiger partial charge is 0.304 e. The summed E-state index contributed by atoms with van der Waals surface area (Å²) in [6.45, 7) is 4.76. The second-order valence-electron chi connectivity index (χ2n) is 8.02. The van der Waals surface area contributed by atoms with Crippen LogP contribution in [0.3, 0.4) is 0 Å². The number of pyridine rings is 1.